The van der Waals surface area contributed by atoms with Gasteiger partial charge < -0.3 is 10.4 Å². The van der Waals surface area contributed by atoms with Crippen molar-refractivity contribution in [2.75, 3.05) is 0 Å². The second-order valence-corrected chi connectivity index (χ2v) is 5.46. The Balaban J connectivity index is 2.16. The van der Waals surface area contributed by atoms with Crippen molar-refractivity contribution in [2.24, 2.45) is 0 Å². The highest BCUT2D eigenvalue weighted by atomic mass is 19.2. The van der Waals surface area contributed by atoms with Crippen LogP contribution in [-0.2, 0) is 0 Å². The third-order valence-electron chi connectivity index (χ3n) is 3.61. The van der Waals surface area contributed by atoms with Crippen LogP contribution in [0.4, 0.5) is 17.6 Å². The van der Waals surface area contributed by atoms with Crippen molar-refractivity contribution in [2.45, 2.75) is 26.0 Å². The number of halogens is 4. The molecule has 2 atom stereocenters. The van der Waals surface area contributed by atoms with Gasteiger partial charge >= 0.3 is 0 Å². The topological polar surface area (TPSA) is 49.3 Å². The van der Waals surface area contributed by atoms with Gasteiger partial charge in [0.05, 0.1) is 17.7 Å². The molecule has 0 aliphatic carbocycles. The van der Waals surface area contributed by atoms with Crippen molar-refractivity contribution in [1.29, 1.82) is 0 Å². The molecule has 0 bridgehead atoms. The largest absolute Gasteiger partial charge is 0.386 e. The molecule has 0 aliphatic heterocycles. The van der Waals surface area contributed by atoms with E-state index in [9.17, 15) is 27.5 Å². The minimum Gasteiger partial charge on any atom is -0.386 e. The second-order valence-electron chi connectivity index (χ2n) is 5.46. The lowest BCUT2D eigenvalue weighted by Crippen LogP contribution is -2.37. The van der Waals surface area contributed by atoms with E-state index in [-0.39, 0.29) is 16.7 Å². The normalized spacial score (nSPS) is 13.5. The number of carbonyl (C=O) groups excluding carboxylic acids is 1. The number of aliphatic hydroxyl groups is 1. The van der Waals surface area contributed by atoms with E-state index in [0.717, 1.165) is 18.2 Å². The van der Waals surface area contributed by atoms with Crippen LogP contribution in [0.1, 0.15) is 34.5 Å². The van der Waals surface area contributed by atoms with Crippen LogP contribution in [-0.4, -0.2) is 17.1 Å². The monoisotopic (exact) mass is 341 g/mol. The highest BCUT2D eigenvalue weighted by Crippen LogP contribution is 2.20. The molecular formula is C17H15F4NO2. The number of rotatable bonds is 4. The first-order valence-electron chi connectivity index (χ1n) is 7.10. The maximum Gasteiger partial charge on any atom is 0.254 e. The second kappa shape index (κ2) is 7.00. The zero-order chi connectivity index (χ0) is 18.0. The van der Waals surface area contributed by atoms with Gasteiger partial charge in [-0.25, -0.2) is 17.6 Å². The van der Waals surface area contributed by atoms with E-state index < -0.39 is 41.3 Å². The highest BCUT2D eigenvalue weighted by molar-refractivity contribution is 5.94. The molecule has 0 aromatic heterocycles. The first kappa shape index (κ1) is 17.9. The van der Waals surface area contributed by atoms with E-state index in [0.29, 0.717) is 6.07 Å². The van der Waals surface area contributed by atoms with Crippen LogP contribution in [0.5, 0.6) is 0 Å². The Kier molecular flexibility index (Phi) is 5.23. The van der Waals surface area contributed by atoms with Crippen molar-refractivity contribution in [3.63, 3.8) is 0 Å². The molecule has 3 nitrogen and oxygen atoms in total. The van der Waals surface area contributed by atoms with E-state index in [1.54, 1.807) is 0 Å². The molecule has 24 heavy (non-hydrogen) atoms. The average molecular weight is 341 g/mol. The van der Waals surface area contributed by atoms with Crippen molar-refractivity contribution in [1.82, 2.24) is 5.32 Å². The van der Waals surface area contributed by atoms with Crippen LogP contribution < -0.4 is 5.32 Å². The Morgan fingerprint density at radius 1 is 1.00 bits per heavy atom. The minimum absolute atomic E-state index is 0.0532. The number of aliphatic hydroxyl groups excluding tert-OH is 1. The van der Waals surface area contributed by atoms with Gasteiger partial charge in [-0.3, -0.25) is 4.79 Å². The van der Waals surface area contributed by atoms with Gasteiger partial charge in [0, 0.05) is 6.07 Å². The van der Waals surface area contributed by atoms with Crippen LogP contribution in [0.15, 0.2) is 30.3 Å². The Hall–Kier alpha value is -2.41. The molecular weight excluding hydrogens is 326 g/mol. The van der Waals surface area contributed by atoms with Gasteiger partial charge in [-0.2, -0.15) is 0 Å². The van der Waals surface area contributed by atoms with Crippen LogP contribution >= 0.6 is 0 Å². The number of hydrogen-bond donors (Lipinski definition) is 2. The molecule has 2 aromatic rings. The van der Waals surface area contributed by atoms with Crippen molar-refractivity contribution in [3.8, 4) is 0 Å². The molecule has 0 spiro atoms. The maximum atomic E-state index is 13.7. The van der Waals surface area contributed by atoms with Crippen molar-refractivity contribution in [3.05, 3.63) is 70.3 Å². The van der Waals surface area contributed by atoms with E-state index in [4.69, 9.17) is 0 Å². The fraction of sp³-hybridized carbons (Fsp3) is 0.235. The van der Waals surface area contributed by atoms with E-state index >= 15 is 0 Å². The first-order chi connectivity index (χ1) is 11.2. The third kappa shape index (κ3) is 3.73. The number of amides is 1. The predicted molar refractivity (Wildman–Crippen MR) is 79.3 cm³/mol. The molecule has 0 saturated carbocycles. The van der Waals surface area contributed by atoms with Gasteiger partial charge in [0.25, 0.3) is 5.91 Å². The summed E-state index contributed by atoms with van der Waals surface area (Å²) in [7, 11) is 0. The Labute approximate surface area is 135 Å². The Morgan fingerprint density at radius 2 is 1.67 bits per heavy atom. The van der Waals surface area contributed by atoms with Gasteiger partial charge in [0.2, 0.25) is 0 Å². The molecule has 7 heteroatoms. The van der Waals surface area contributed by atoms with Crippen LogP contribution in [0.25, 0.3) is 0 Å². The van der Waals surface area contributed by atoms with E-state index in [1.807, 2.05) is 0 Å². The quantitative estimate of drug-likeness (QED) is 0.838. The molecule has 2 unspecified atom stereocenters. The number of benzene rings is 2. The van der Waals surface area contributed by atoms with Crippen molar-refractivity contribution >= 4 is 5.91 Å². The minimum atomic E-state index is -1.34. The standard InChI is InChI=1S/C17H15F4NO2/c1-8-5-11(14(20)7-13(8)19)17(24)22-9(2)16(23)10-3-4-12(18)15(21)6-10/h3-7,9,16,23H,1-2H3,(H,22,24). The Morgan fingerprint density at radius 3 is 2.29 bits per heavy atom. The fourth-order valence-electron chi connectivity index (χ4n) is 2.18. The molecule has 2 aromatic carbocycles. The number of aryl methyl sites for hydroxylation is 1. The molecule has 0 aliphatic rings. The molecule has 1 amide bonds. The molecule has 0 saturated heterocycles. The molecule has 2 N–H and O–H groups in total. The SMILES string of the molecule is Cc1cc(C(=O)NC(C)C(O)c2ccc(F)c(F)c2)c(F)cc1F. The number of hydrogen-bond acceptors (Lipinski definition) is 2. The Bertz CT molecular complexity index is 779. The molecule has 2 rings (SSSR count). The van der Waals surface area contributed by atoms with Gasteiger partial charge in [0.15, 0.2) is 11.6 Å². The van der Waals surface area contributed by atoms with Crippen LogP contribution in [0.2, 0.25) is 0 Å². The smallest absolute Gasteiger partial charge is 0.254 e. The predicted octanol–water partition coefficient (Wildman–Crippen LogP) is 3.40. The summed E-state index contributed by atoms with van der Waals surface area (Å²) in [6.45, 7) is 2.79. The summed E-state index contributed by atoms with van der Waals surface area (Å²) < 4.78 is 53.0. The van der Waals surface area contributed by atoms with Gasteiger partial charge in [-0.15, -0.1) is 0 Å². The van der Waals surface area contributed by atoms with E-state index in [1.165, 1.54) is 19.9 Å². The fourth-order valence-corrected chi connectivity index (χ4v) is 2.18. The lowest BCUT2D eigenvalue weighted by molar-refractivity contribution is 0.0847. The lowest BCUT2D eigenvalue weighted by atomic mass is 10.0. The van der Waals surface area contributed by atoms with Crippen LogP contribution in [0.3, 0.4) is 0 Å². The van der Waals surface area contributed by atoms with Gasteiger partial charge in [0.1, 0.15) is 11.6 Å². The third-order valence-corrected chi connectivity index (χ3v) is 3.61. The van der Waals surface area contributed by atoms with Crippen molar-refractivity contribution < 1.29 is 27.5 Å². The summed E-state index contributed by atoms with van der Waals surface area (Å²) in [6, 6.07) is 3.56. The van der Waals surface area contributed by atoms with Crippen LogP contribution in [0, 0.1) is 30.2 Å². The number of nitrogens with one attached hydrogen (secondary N) is 1. The summed E-state index contributed by atoms with van der Waals surface area (Å²) in [5.74, 6) is -4.87. The lowest BCUT2D eigenvalue weighted by Gasteiger charge is -2.21. The van der Waals surface area contributed by atoms with Gasteiger partial charge in [-0.05, 0) is 43.2 Å². The zero-order valence-corrected chi connectivity index (χ0v) is 12.9. The van der Waals surface area contributed by atoms with E-state index in [2.05, 4.69) is 5.32 Å². The molecule has 0 radical (unpaired) electrons. The van der Waals surface area contributed by atoms with Gasteiger partial charge in [-0.1, -0.05) is 6.07 Å². The molecule has 128 valence electrons. The highest BCUT2D eigenvalue weighted by Gasteiger charge is 2.22. The average Bonchev–Trinajstić information content (AvgIpc) is 2.52. The maximum absolute atomic E-state index is 13.7. The summed E-state index contributed by atoms with van der Waals surface area (Å²) in [5.41, 5.74) is -0.231. The zero-order valence-electron chi connectivity index (χ0n) is 12.9. The number of carbonyl (C=O) groups is 1. The molecule has 0 heterocycles. The summed E-state index contributed by atoms with van der Waals surface area (Å²) in [5, 5.41) is 12.5. The summed E-state index contributed by atoms with van der Waals surface area (Å²) in [4.78, 5) is 12.1. The molecule has 0 fully saturated rings. The summed E-state index contributed by atoms with van der Waals surface area (Å²) >= 11 is 0. The summed E-state index contributed by atoms with van der Waals surface area (Å²) in [6.07, 6.45) is -1.34. The first-order valence-corrected chi connectivity index (χ1v) is 7.10.